The zero-order chi connectivity index (χ0) is 14.6. The quantitative estimate of drug-likeness (QED) is 0.837. The van der Waals surface area contributed by atoms with Crippen molar-refractivity contribution < 1.29 is 14.6 Å². The first kappa shape index (κ1) is 14.4. The van der Waals surface area contributed by atoms with E-state index in [0.717, 1.165) is 17.1 Å². The number of hydrogen-bond acceptors (Lipinski definition) is 3. The summed E-state index contributed by atoms with van der Waals surface area (Å²) in [6, 6.07) is 7.41. The van der Waals surface area contributed by atoms with Crippen LogP contribution in [-0.2, 0) is 10.3 Å². The normalized spacial score (nSPS) is 20.8. The van der Waals surface area contributed by atoms with E-state index >= 15 is 0 Å². The molecule has 2 atom stereocenters. The molecule has 0 bridgehead atoms. The molecule has 1 aliphatic rings. The van der Waals surface area contributed by atoms with Gasteiger partial charge in [0.15, 0.2) is 0 Å². The summed E-state index contributed by atoms with van der Waals surface area (Å²) in [7, 11) is 3.26. The average Bonchev–Trinajstić information content (AvgIpc) is 2.54. The Hall–Kier alpha value is -2.00. The molecule has 106 valence electrons. The second-order valence-corrected chi connectivity index (χ2v) is 4.77. The molecule has 2 unspecified atom stereocenters. The number of ether oxygens (including phenoxy) is 2. The van der Waals surface area contributed by atoms with Crippen molar-refractivity contribution in [1.82, 2.24) is 0 Å². The molecule has 0 radical (unpaired) electrons. The lowest BCUT2D eigenvalue weighted by Crippen LogP contribution is -2.32. The van der Waals surface area contributed by atoms with Crippen LogP contribution in [0, 0.1) is 5.92 Å². The zero-order valence-corrected chi connectivity index (χ0v) is 11.9. The van der Waals surface area contributed by atoms with Crippen molar-refractivity contribution in [3.63, 3.8) is 0 Å². The van der Waals surface area contributed by atoms with Crippen LogP contribution in [0.5, 0.6) is 5.75 Å². The van der Waals surface area contributed by atoms with Gasteiger partial charge in [-0.05, 0) is 36.3 Å². The lowest BCUT2D eigenvalue weighted by atomic mass is 9.78. The topological polar surface area (TPSA) is 38.7 Å². The van der Waals surface area contributed by atoms with Crippen LogP contribution >= 0.6 is 0 Å². The molecular weight excluding hydrogens is 252 g/mol. The molecule has 0 spiro atoms. The average molecular weight is 272 g/mol. The van der Waals surface area contributed by atoms with Gasteiger partial charge in [-0.25, -0.2) is 0 Å². The molecule has 0 saturated heterocycles. The lowest BCUT2D eigenvalue weighted by Gasteiger charge is -2.33. The summed E-state index contributed by atoms with van der Waals surface area (Å²) in [5.74, 6) is 1.52. The van der Waals surface area contributed by atoms with Crippen molar-refractivity contribution in [2.24, 2.45) is 5.92 Å². The summed E-state index contributed by atoms with van der Waals surface area (Å²) < 4.78 is 10.3. The number of allylic oxidation sites excluding steroid dienone is 2. The molecule has 20 heavy (non-hydrogen) atoms. The summed E-state index contributed by atoms with van der Waals surface area (Å²) in [5, 5.41) is 11.0. The third-order valence-corrected chi connectivity index (χ3v) is 3.73. The molecule has 0 aliphatic heterocycles. The van der Waals surface area contributed by atoms with E-state index in [1.165, 1.54) is 0 Å². The zero-order valence-electron chi connectivity index (χ0n) is 11.9. The van der Waals surface area contributed by atoms with E-state index in [1.807, 2.05) is 42.5 Å². The molecular formula is C17H20O3. The molecule has 0 heterocycles. The summed E-state index contributed by atoms with van der Waals surface area (Å²) in [6.45, 7) is 3.80. The van der Waals surface area contributed by atoms with Gasteiger partial charge >= 0.3 is 0 Å². The largest absolute Gasteiger partial charge is 0.497 e. The van der Waals surface area contributed by atoms with Crippen molar-refractivity contribution >= 4 is 0 Å². The first-order valence-electron chi connectivity index (χ1n) is 6.57. The van der Waals surface area contributed by atoms with Gasteiger partial charge in [0.1, 0.15) is 17.1 Å². The monoisotopic (exact) mass is 272 g/mol. The van der Waals surface area contributed by atoms with Crippen molar-refractivity contribution in [3.05, 3.63) is 66.5 Å². The van der Waals surface area contributed by atoms with Crippen LogP contribution < -0.4 is 4.74 Å². The highest BCUT2D eigenvalue weighted by atomic mass is 16.5. The number of benzene rings is 1. The van der Waals surface area contributed by atoms with Crippen LogP contribution in [-0.4, -0.2) is 19.3 Å². The SMILES string of the molecule is C=CC(O)(c1ccc(OC)cc1)C1C=CC(OC)=CC1. The van der Waals surface area contributed by atoms with Crippen molar-refractivity contribution in [2.75, 3.05) is 14.2 Å². The van der Waals surface area contributed by atoms with E-state index in [0.29, 0.717) is 6.42 Å². The van der Waals surface area contributed by atoms with Crippen molar-refractivity contribution in [2.45, 2.75) is 12.0 Å². The van der Waals surface area contributed by atoms with Gasteiger partial charge in [-0.15, -0.1) is 0 Å². The Morgan fingerprint density at radius 2 is 1.95 bits per heavy atom. The minimum absolute atomic E-state index is 0.0627. The van der Waals surface area contributed by atoms with Gasteiger partial charge in [-0.2, -0.15) is 0 Å². The smallest absolute Gasteiger partial charge is 0.118 e. The summed E-state index contributed by atoms with van der Waals surface area (Å²) >= 11 is 0. The van der Waals surface area contributed by atoms with E-state index in [9.17, 15) is 5.11 Å². The maximum Gasteiger partial charge on any atom is 0.118 e. The van der Waals surface area contributed by atoms with Crippen LogP contribution in [0.2, 0.25) is 0 Å². The Balaban J connectivity index is 2.27. The van der Waals surface area contributed by atoms with E-state index in [2.05, 4.69) is 6.58 Å². The Morgan fingerprint density at radius 3 is 2.40 bits per heavy atom. The second-order valence-electron chi connectivity index (χ2n) is 4.77. The van der Waals surface area contributed by atoms with E-state index in [1.54, 1.807) is 20.3 Å². The minimum atomic E-state index is -1.10. The Morgan fingerprint density at radius 1 is 1.25 bits per heavy atom. The van der Waals surface area contributed by atoms with Crippen LogP contribution in [0.15, 0.2) is 60.9 Å². The lowest BCUT2D eigenvalue weighted by molar-refractivity contribution is 0.0446. The van der Waals surface area contributed by atoms with E-state index < -0.39 is 5.60 Å². The number of methoxy groups -OCH3 is 2. The molecule has 3 heteroatoms. The highest BCUT2D eigenvalue weighted by molar-refractivity contribution is 5.36. The second kappa shape index (κ2) is 5.97. The van der Waals surface area contributed by atoms with Gasteiger partial charge in [0.25, 0.3) is 0 Å². The Kier molecular flexibility index (Phi) is 4.30. The number of hydrogen-bond donors (Lipinski definition) is 1. The first-order chi connectivity index (χ1) is 9.63. The highest BCUT2D eigenvalue weighted by Crippen LogP contribution is 2.37. The van der Waals surface area contributed by atoms with Crippen molar-refractivity contribution in [1.29, 1.82) is 0 Å². The highest BCUT2D eigenvalue weighted by Gasteiger charge is 2.34. The fourth-order valence-electron chi connectivity index (χ4n) is 2.42. The summed E-state index contributed by atoms with van der Waals surface area (Å²) in [4.78, 5) is 0. The third kappa shape index (κ3) is 2.63. The van der Waals surface area contributed by atoms with E-state index in [4.69, 9.17) is 9.47 Å². The fourth-order valence-corrected chi connectivity index (χ4v) is 2.42. The van der Waals surface area contributed by atoms with Gasteiger partial charge in [0.2, 0.25) is 0 Å². The van der Waals surface area contributed by atoms with E-state index in [-0.39, 0.29) is 5.92 Å². The van der Waals surface area contributed by atoms with Crippen molar-refractivity contribution in [3.8, 4) is 5.75 Å². The van der Waals surface area contributed by atoms with Gasteiger partial charge in [0.05, 0.1) is 14.2 Å². The molecule has 1 aromatic carbocycles. The molecule has 1 aromatic rings. The maximum atomic E-state index is 11.0. The van der Waals surface area contributed by atoms with Crippen LogP contribution in [0.3, 0.4) is 0 Å². The summed E-state index contributed by atoms with van der Waals surface area (Å²) in [5.41, 5.74) is -0.296. The molecule has 1 aliphatic carbocycles. The first-order valence-corrected chi connectivity index (χ1v) is 6.57. The molecule has 2 rings (SSSR count). The number of aliphatic hydroxyl groups is 1. The standard InChI is InChI=1S/C17H20O3/c1-4-17(18,13-5-9-15(19-2)10-6-13)14-7-11-16(20-3)12-8-14/h4-7,9-12,14,18H,1,8H2,2-3H3. The van der Waals surface area contributed by atoms with Gasteiger partial charge < -0.3 is 14.6 Å². The summed E-state index contributed by atoms with van der Waals surface area (Å²) in [6.07, 6.45) is 8.11. The maximum absolute atomic E-state index is 11.0. The number of rotatable bonds is 5. The molecule has 3 nitrogen and oxygen atoms in total. The van der Waals surface area contributed by atoms with Gasteiger partial charge in [-0.1, -0.05) is 30.9 Å². The van der Waals surface area contributed by atoms with Gasteiger partial charge in [0, 0.05) is 5.92 Å². The predicted octanol–water partition coefficient (Wildman–Crippen LogP) is 3.18. The minimum Gasteiger partial charge on any atom is -0.497 e. The van der Waals surface area contributed by atoms with Crippen LogP contribution in [0.25, 0.3) is 0 Å². The predicted molar refractivity (Wildman–Crippen MR) is 79.4 cm³/mol. The van der Waals surface area contributed by atoms with Crippen LogP contribution in [0.4, 0.5) is 0 Å². The fraction of sp³-hybridized carbons (Fsp3) is 0.294. The Labute approximate surface area is 119 Å². The van der Waals surface area contributed by atoms with Gasteiger partial charge in [-0.3, -0.25) is 0 Å². The molecule has 0 aromatic heterocycles. The molecule has 0 saturated carbocycles. The molecule has 0 fully saturated rings. The molecule has 0 amide bonds. The van der Waals surface area contributed by atoms with Crippen LogP contribution in [0.1, 0.15) is 12.0 Å². The third-order valence-electron chi connectivity index (χ3n) is 3.73. The molecule has 1 N–H and O–H groups in total. The Bertz CT molecular complexity index is 528.